The van der Waals surface area contributed by atoms with E-state index >= 15 is 0 Å². The van der Waals surface area contributed by atoms with Gasteiger partial charge < -0.3 is 9.47 Å². The molecule has 1 aromatic rings. The third kappa shape index (κ3) is 2.15. The number of methoxy groups -OCH3 is 1. The highest BCUT2D eigenvalue weighted by atomic mass is 32.2. The summed E-state index contributed by atoms with van der Waals surface area (Å²) in [5, 5.41) is 0. The van der Waals surface area contributed by atoms with E-state index in [4.69, 9.17) is 9.47 Å². The van der Waals surface area contributed by atoms with Crippen molar-refractivity contribution in [2.45, 2.75) is 23.8 Å². The highest BCUT2D eigenvalue weighted by Crippen LogP contribution is 2.34. The second kappa shape index (κ2) is 4.13. The Morgan fingerprint density at radius 1 is 1.36 bits per heavy atom. The molecule has 0 aromatic heterocycles. The molecule has 0 saturated heterocycles. The smallest absolute Gasteiger partial charge is 0.132 e. The molecule has 76 valence electrons. The van der Waals surface area contributed by atoms with Crippen molar-refractivity contribution in [2.75, 3.05) is 13.4 Å². The van der Waals surface area contributed by atoms with Gasteiger partial charge in [-0.2, -0.15) is 0 Å². The average Bonchev–Trinajstić information content (AvgIpc) is 3.01. The first kappa shape index (κ1) is 9.71. The molecular formula is C11H14O2S. The number of thioether (sulfide) groups is 1. The minimum absolute atomic E-state index is 0.457. The SMILES string of the molecule is COc1ccc(OC2CC2)cc1SC. The van der Waals surface area contributed by atoms with Crippen LogP contribution in [-0.4, -0.2) is 19.5 Å². The Hall–Kier alpha value is -0.830. The lowest BCUT2D eigenvalue weighted by atomic mass is 10.3. The Morgan fingerprint density at radius 2 is 2.14 bits per heavy atom. The molecule has 0 unspecified atom stereocenters. The van der Waals surface area contributed by atoms with Crippen molar-refractivity contribution < 1.29 is 9.47 Å². The van der Waals surface area contributed by atoms with Gasteiger partial charge in [-0.15, -0.1) is 11.8 Å². The largest absolute Gasteiger partial charge is 0.496 e. The molecule has 0 radical (unpaired) electrons. The van der Waals surface area contributed by atoms with E-state index in [0.29, 0.717) is 6.10 Å². The predicted octanol–water partition coefficient (Wildman–Crippen LogP) is 2.96. The molecule has 0 aliphatic heterocycles. The van der Waals surface area contributed by atoms with Gasteiger partial charge in [-0.05, 0) is 37.3 Å². The van der Waals surface area contributed by atoms with Crippen LogP contribution in [0.2, 0.25) is 0 Å². The van der Waals surface area contributed by atoms with E-state index in [0.717, 1.165) is 16.4 Å². The Morgan fingerprint density at radius 3 is 2.71 bits per heavy atom. The molecule has 0 spiro atoms. The second-order valence-electron chi connectivity index (χ2n) is 3.33. The van der Waals surface area contributed by atoms with E-state index in [1.165, 1.54) is 12.8 Å². The normalized spacial score (nSPS) is 15.3. The van der Waals surface area contributed by atoms with Crippen LogP contribution in [0.15, 0.2) is 23.1 Å². The monoisotopic (exact) mass is 210 g/mol. The molecule has 0 atom stereocenters. The number of hydrogen-bond donors (Lipinski definition) is 0. The summed E-state index contributed by atoms with van der Waals surface area (Å²) in [5.74, 6) is 1.87. The summed E-state index contributed by atoms with van der Waals surface area (Å²) in [7, 11) is 1.69. The summed E-state index contributed by atoms with van der Waals surface area (Å²) >= 11 is 1.68. The Balaban J connectivity index is 2.16. The van der Waals surface area contributed by atoms with Crippen molar-refractivity contribution in [3.05, 3.63) is 18.2 Å². The van der Waals surface area contributed by atoms with Gasteiger partial charge >= 0.3 is 0 Å². The maximum absolute atomic E-state index is 5.70. The van der Waals surface area contributed by atoms with Crippen molar-refractivity contribution >= 4 is 11.8 Å². The van der Waals surface area contributed by atoms with Crippen molar-refractivity contribution in [1.29, 1.82) is 0 Å². The quantitative estimate of drug-likeness (QED) is 0.712. The average molecular weight is 210 g/mol. The Kier molecular flexibility index (Phi) is 2.87. The van der Waals surface area contributed by atoms with Gasteiger partial charge in [0.05, 0.1) is 18.1 Å². The van der Waals surface area contributed by atoms with Gasteiger partial charge in [0.25, 0.3) is 0 Å². The molecule has 1 aromatic carbocycles. The van der Waals surface area contributed by atoms with Gasteiger partial charge in [-0.25, -0.2) is 0 Å². The van der Waals surface area contributed by atoms with E-state index in [1.54, 1.807) is 18.9 Å². The van der Waals surface area contributed by atoms with Crippen LogP contribution in [-0.2, 0) is 0 Å². The highest BCUT2D eigenvalue weighted by molar-refractivity contribution is 7.98. The second-order valence-corrected chi connectivity index (χ2v) is 4.18. The molecule has 0 bridgehead atoms. The maximum atomic E-state index is 5.70. The first-order chi connectivity index (χ1) is 6.83. The van der Waals surface area contributed by atoms with E-state index < -0.39 is 0 Å². The minimum atomic E-state index is 0.457. The zero-order valence-electron chi connectivity index (χ0n) is 8.45. The van der Waals surface area contributed by atoms with Crippen LogP contribution in [0, 0.1) is 0 Å². The van der Waals surface area contributed by atoms with Gasteiger partial charge in [-0.1, -0.05) is 0 Å². The topological polar surface area (TPSA) is 18.5 Å². The van der Waals surface area contributed by atoms with Gasteiger partial charge in [0.15, 0.2) is 0 Å². The van der Waals surface area contributed by atoms with Gasteiger partial charge in [0.1, 0.15) is 11.5 Å². The van der Waals surface area contributed by atoms with Crippen molar-refractivity contribution in [3.63, 3.8) is 0 Å². The van der Waals surface area contributed by atoms with Crippen LogP contribution < -0.4 is 9.47 Å². The fraction of sp³-hybridized carbons (Fsp3) is 0.455. The zero-order valence-corrected chi connectivity index (χ0v) is 9.26. The lowest BCUT2D eigenvalue weighted by Gasteiger charge is -2.09. The van der Waals surface area contributed by atoms with E-state index in [9.17, 15) is 0 Å². The summed E-state index contributed by atoms with van der Waals surface area (Å²) < 4.78 is 10.9. The van der Waals surface area contributed by atoms with Gasteiger partial charge in [0, 0.05) is 0 Å². The molecule has 14 heavy (non-hydrogen) atoms. The molecule has 1 aliphatic carbocycles. The molecule has 0 heterocycles. The van der Waals surface area contributed by atoms with Crippen LogP contribution in [0.1, 0.15) is 12.8 Å². The molecule has 2 rings (SSSR count). The molecular weight excluding hydrogens is 196 g/mol. The van der Waals surface area contributed by atoms with E-state index in [2.05, 4.69) is 0 Å². The molecule has 0 N–H and O–H groups in total. The third-order valence-electron chi connectivity index (χ3n) is 2.18. The highest BCUT2D eigenvalue weighted by Gasteiger charge is 2.23. The van der Waals surface area contributed by atoms with E-state index in [-0.39, 0.29) is 0 Å². The summed E-state index contributed by atoms with van der Waals surface area (Å²) in [5.41, 5.74) is 0. The van der Waals surface area contributed by atoms with Crippen molar-refractivity contribution in [2.24, 2.45) is 0 Å². The Labute approximate surface area is 88.6 Å². The third-order valence-corrected chi connectivity index (χ3v) is 2.94. The molecule has 1 aliphatic rings. The number of benzene rings is 1. The summed E-state index contributed by atoms with van der Waals surface area (Å²) in [4.78, 5) is 1.13. The predicted molar refractivity (Wildman–Crippen MR) is 58.4 cm³/mol. The van der Waals surface area contributed by atoms with Gasteiger partial charge in [-0.3, -0.25) is 0 Å². The molecule has 1 saturated carbocycles. The summed E-state index contributed by atoms with van der Waals surface area (Å²) in [6, 6.07) is 5.97. The van der Waals surface area contributed by atoms with Crippen LogP contribution in [0.4, 0.5) is 0 Å². The first-order valence-corrected chi connectivity index (χ1v) is 5.94. The fourth-order valence-corrected chi connectivity index (χ4v) is 1.85. The molecule has 1 fully saturated rings. The number of ether oxygens (including phenoxy) is 2. The van der Waals surface area contributed by atoms with Gasteiger partial charge in [0.2, 0.25) is 0 Å². The number of hydrogen-bond acceptors (Lipinski definition) is 3. The Bertz CT molecular complexity index is 321. The number of rotatable bonds is 4. The lowest BCUT2D eigenvalue weighted by molar-refractivity contribution is 0.301. The van der Waals surface area contributed by atoms with E-state index in [1.807, 2.05) is 24.5 Å². The van der Waals surface area contributed by atoms with Crippen molar-refractivity contribution in [1.82, 2.24) is 0 Å². The maximum Gasteiger partial charge on any atom is 0.132 e. The molecule has 3 heteroatoms. The molecule has 2 nitrogen and oxygen atoms in total. The van der Waals surface area contributed by atoms with Crippen LogP contribution in [0.5, 0.6) is 11.5 Å². The lowest BCUT2D eigenvalue weighted by Crippen LogP contribution is -1.96. The summed E-state index contributed by atoms with van der Waals surface area (Å²) in [6.45, 7) is 0. The zero-order chi connectivity index (χ0) is 9.97. The molecule has 0 amide bonds. The van der Waals surface area contributed by atoms with Crippen LogP contribution >= 0.6 is 11.8 Å². The van der Waals surface area contributed by atoms with Crippen LogP contribution in [0.3, 0.4) is 0 Å². The minimum Gasteiger partial charge on any atom is -0.496 e. The fourth-order valence-electron chi connectivity index (χ4n) is 1.27. The summed E-state index contributed by atoms with van der Waals surface area (Å²) in [6.07, 6.45) is 4.89. The van der Waals surface area contributed by atoms with Crippen molar-refractivity contribution in [3.8, 4) is 11.5 Å². The van der Waals surface area contributed by atoms with Crippen LogP contribution in [0.25, 0.3) is 0 Å². The standard InChI is InChI=1S/C11H14O2S/c1-12-10-6-5-9(7-11(10)14-2)13-8-3-4-8/h5-8H,3-4H2,1-2H3. The first-order valence-electron chi connectivity index (χ1n) is 4.72.